The molecule has 0 spiro atoms. The largest absolute Gasteiger partial charge is 0.235 e. The van der Waals surface area contributed by atoms with Crippen LogP contribution in [-0.4, -0.2) is 4.98 Å². The van der Waals surface area contributed by atoms with Crippen molar-refractivity contribution in [1.29, 1.82) is 5.26 Å². The van der Waals surface area contributed by atoms with Gasteiger partial charge in [0, 0.05) is 16.0 Å². The summed E-state index contributed by atoms with van der Waals surface area (Å²) in [4.78, 5) is 4.64. The van der Waals surface area contributed by atoms with Gasteiger partial charge in [0.05, 0.1) is 11.3 Å². The fourth-order valence-electron chi connectivity index (χ4n) is 2.30. The molecule has 118 valence electrons. The van der Waals surface area contributed by atoms with E-state index in [1.807, 2.05) is 35.7 Å². The molecule has 0 aliphatic carbocycles. The maximum Gasteiger partial charge on any atom is 0.134 e. The quantitative estimate of drug-likeness (QED) is 0.531. The van der Waals surface area contributed by atoms with Crippen molar-refractivity contribution in [2.24, 2.45) is 0 Å². The maximum atomic E-state index is 9.48. The number of aromatic nitrogens is 1. The van der Waals surface area contributed by atoms with Crippen molar-refractivity contribution in [3.05, 3.63) is 74.6 Å². The fraction of sp³-hybridized carbons (Fsp3) is 0.100. The monoisotopic (exact) mass is 350 g/mol. The van der Waals surface area contributed by atoms with Gasteiger partial charge in [-0.1, -0.05) is 35.9 Å². The maximum absolute atomic E-state index is 9.48. The highest BCUT2D eigenvalue weighted by Crippen LogP contribution is 2.28. The van der Waals surface area contributed by atoms with Gasteiger partial charge in [0.25, 0.3) is 0 Å². The minimum absolute atomic E-state index is 0.553. The predicted molar refractivity (Wildman–Crippen MR) is 102 cm³/mol. The van der Waals surface area contributed by atoms with E-state index >= 15 is 0 Å². The van der Waals surface area contributed by atoms with E-state index < -0.39 is 0 Å². The second-order valence-electron chi connectivity index (χ2n) is 5.56. The van der Waals surface area contributed by atoms with Crippen LogP contribution in [0.1, 0.15) is 21.7 Å². The summed E-state index contributed by atoms with van der Waals surface area (Å²) in [5.74, 6) is 0. The van der Waals surface area contributed by atoms with Crippen molar-refractivity contribution in [3.63, 3.8) is 0 Å². The second-order valence-corrected chi connectivity index (χ2v) is 6.85. The van der Waals surface area contributed by atoms with Crippen molar-refractivity contribution in [1.82, 2.24) is 4.98 Å². The lowest BCUT2D eigenvalue weighted by atomic mass is 10.1. The Morgan fingerprint density at radius 1 is 1.12 bits per heavy atom. The Labute approximate surface area is 150 Å². The van der Waals surface area contributed by atoms with Crippen LogP contribution in [0.5, 0.6) is 0 Å². The Balaban J connectivity index is 1.94. The normalized spacial score (nSPS) is 11.3. The molecule has 1 heterocycles. The smallest absolute Gasteiger partial charge is 0.134 e. The van der Waals surface area contributed by atoms with Crippen molar-refractivity contribution in [3.8, 4) is 17.3 Å². The van der Waals surface area contributed by atoms with E-state index in [9.17, 15) is 5.26 Å². The van der Waals surface area contributed by atoms with Crippen LogP contribution in [-0.2, 0) is 0 Å². The molecule has 0 saturated carbocycles. The molecule has 0 fully saturated rings. The first-order chi connectivity index (χ1) is 11.6. The highest BCUT2D eigenvalue weighted by molar-refractivity contribution is 7.11. The van der Waals surface area contributed by atoms with Crippen LogP contribution in [0.25, 0.3) is 22.9 Å². The number of allylic oxidation sites excluding steroid dienone is 1. The van der Waals surface area contributed by atoms with Crippen LogP contribution in [0.4, 0.5) is 0 Å². The summed E-state index contributed by atoms with van der Waals surface area (Å²) in [5, 5.41) is 12.9. The number of hydrogen-bond acceptors (Lipinski definition) is 3. The zero-order valence-electron chi connectivity index (χ0n) is 13.4. The summed E-state index contributed by atoms with van der Waals surface area (Å²) in [6, 6.07) is 15.9. The zero-order chi connectivity index (χ0) is 17.1. The first kappa shape index (κ1) is 16.4. The fourth-order valence-corrected chi connectivity index (χ4v) is 3.22. The van der Waals surface area contributed by atoms with E-state index in [2.05, 4.69) is 43.1 Å². The third-order valence-electron chi connectivity index (χ3n) is 3.84. The third-order valence-corrected chi connectivity index (χ3v) is 4.97. The molecule has 4 heteroatoms. The first-order valence-corrected chi connectivity index (χ1v) is 8.73. The van der Waals surface area contributed by atoms with Gasteiger partial charge < -0.3 is 0 Å². The standard InChI is InChI=1S/C20H15ClN2S/c1-13-3-6-16(9-14(13)2)19-12-24-20(23-19)17(11-22)10-15-4-7-18(21)8-5-15/h3-10,12H,1-2H3/b17-10-. The number of halogens is 1. The van der Waals surface area contributed by atoms with Crippen LogP contribution in [0, 0.1) is 25.2 Å². The van der Waals surface area contributed by atoms with Crippen molar-refractivity contribution in [2.45, 2.75) is 13.8 Å². The minimum Gasteiger partial charge on any atom is -0.235 e. The first-order valence-electron chi connectivity index (χ1n) is 7.48. The molecule has 0 amide bonds. The van der Waals surface area contributed by atoms with Crippen LogP contribution >= 0.6 is 22.9 Å². The van der Waals surface area contributed by atoms with Gasteiger partial charge in [-0.3, -0.25) is 0 Å². The number of hydrogen-bond donors (Lipinski definition) is 0. The molecule has 0 atom stereocenters. The Hall–Kier alpha value is -2.41. The molecule has 0 N–H and O–H groups in total. The Kier molecular flexibility index (Phi) is 4.80. The van der Waals surface area contributed by atoms with E-state index in [4.69, 9.17) is 11.6 Å². The molecule has 0 aliphatic rings. The van der Waals surface area contributed by atoms with Gasteiger partial charge in [-0.2, -0.15) is 5.26 Å². The van der Waals surface area contributed by atoms with E-state index in [-0.39, 0.29) is 0 Å². The average Bonchev–Trinajstić information content (AvgIpc) is 3.06. The van der Waals surface area contributed by atoms with E-state index in [0.717, 1.165) is 21.8 Å². The van der Waals surface area contributed by atoms with E-state index in [1.165, 1.54) is 22.5 Å². The van der Waals surface area contributed by atoms with Gasteiger partial charge in [0.2, 0.25) is 0 Å². The molecule has 0 unspecified atom stereocenters. The molecule has 0 saturated heterocycles. The Bertz CT molecular complexity index is 947. The highest BCUT2D eigenvalue weighted by Gasteiger charge is 2.09. The van der Waals surface area contributed by atoms with Gasteiger partial charge in [-0.05, 0) is 54.8 Å². The summed E-state index contributed by atoms with van der Waals surface area (Å²) in [6.07, 6.45) is 1.83. The van der Waals surface area contributed by atoms with Crippen LogP contribution in [0.2, 0.25) is 5.02 Å². The second kappa shape index (κ2) is 7.00. The number of aryl methyl sites for hydroxylation is 2. The summed E-state index contributed by atoms with van der Waals surface area (Å²) in [7, 11) is 0. The lowest BCUT2D eigenvalue weighted by Gasteiger charge is -2.02. The molecule has 0 radical (unpaired) electrons. The number of nitrogens with zero attached hydrogens (tertiary/aromatic N) is 2. The number of rotatable bonds is 3. The number of benzene rings is 2. The number of thiazole rings is 1. The molecule has 2 nitrogen and oxygen atoms in total. The SMILES string of the molecule is Cc1ccc(-c2csc(/C(C#N)=C\c3ccc(Cl)cc3)n2)cc1C. The van der Waals surface area contributed by atoms with Gasteiger partial charge in [0.1, 0.15) is 11.1 Å². The summed E-state index contributed by atoms with van der Waals surface area (Å²) >= 11 is 7.38. The van der Waals surface area contributed by atoms with Crippen molar-refractivity contribution in [2.75, 3.05) is 0 Å². The summed E-state index contributed by atoms with van der Waals surface area (Å²) < 4.78 is 0. The minimum atomic E-state index is 0.553. The molecule has 3 rings (SSSR count). The van der Waals surface area contributed by atoms with Crippen LogP contribution < -0.4 is 0 Å². The van der Waals surface area contributed by atoms with Crippen LogP contribution in [0.3, 0.4) is 0 Å². The molecule has 3 aromatic rings. The Morgan fingerprint density at radius 2 is 1.88 bits per heavy atom. The van der Waals surface area contributed by atoms with Crippen molar-refractivity contribution >= 4 is 34.6 Å². The van der Waals surface area contributed by atoms with Gasteiger partial charge >= 0.3 is 0 Å². The molecule has 2 aromatic carbocycles. The number of nitriles is 1. The lowest BCUT2D eigenvalue weighted by Crippen LogP contribution is -1.85. The lowest BCUT2D eigenvalue weighted by molar-refractivity contribution is 1.32. The zero-order valence-corrected chi connectivity index (χ0v) is 14.9. The molecular weight excluding hydrogens is 336 g/mol. The van der Waals surface area contributed by atoms with Crippen LogP contribution in [0.15, 0.2) is 47.8 Å². The summed E-state index contributed by atoms with van der Waals surface area (Å²) in [5.41, 5.74) is 5.95. The van der Waals surface area contributed by atoms with Gasteiger partial charge in [-0.15, -0.1) is 11.3 Å². The molecule has 1 aromatic heterocycles. The predicted octanol–water partition coefficient (Wildman–Crippen LogP) is 6.14. The highest BCUT2D eigenvalue weighted by atomic mass is 35.5. The Morgan fingerprint density at radius 3 is 2.54 bits per heavy atom. The van der Waals surface area contributed by atoms with E-state index in [1.54, 1.807) is 0 Å². The summed E-state index contributed by atoms with van der Waals surface area (Å²) in [6.45, 7) is 4.18. The molecule has 0 aliphatic heterocycles. The molecule has 24 heavy (non-hydrogen) atoms. The topological polar surface area (TPSA) is 36.7 Å². The van der Waals surface area contributed by atoms with E-state index in [0.29, 0.717) is 10.6 Å². The average molecular weight is 351 g/mol. The third kappa shape index (κ3) is 3.56. The molecular formula is C20H15ClN2S. The van der Waals surface area contributed by atoms with Gasteiger partial charge in [-0.25, -0.2) is 4.98 Å². The molecule has 0 bridgehead atoms. The van der Waals surface area contributed by atoms with Gasteiger partial charge in [0.15, 0.2) is 0 Å². The van der Waals surface area contributed by atoms with Crippen molar-refractivity contribution < 1.29 is 0 Å².